The van der Waals surface area contributed by atoms with Gasteiger partial charge >= 0.3 is 0 Å². The number of halogens is 1. The zero-order valence-electron chi connectivity index (χ0n) is 17.0. The molecule has 2 rings (SSSR count). The van der Waals surface area contributed by atoms with Crippen molar-refractivity contribution in [2.75, 3.05) is 18.5 Å². The smallest absolute Gasteiger partial charge is 0.231 e. The van der Waals surface area contributed by atoms with Crippen LogP contribution in [0.25, 0.3) is 0 Å². The predicted molar refractivity (Wildman–Crippen MR) is 124 cm³/mol. The molecule has 0 saturated heterocycles. The lowest BCUT2D eigenvalue weighted by Gasteiger charge is -2.26. The molecule has 1 aromatic heterocycles. The van der Waals surface area contributed by atoms with Gasteiger partial charge in [-0.3, -0.25) is 14.3 Å². The Morgan fingerprint density at radius 3 is 2.76 bits per heavy atom. The molecule has 1 unspecified atom stereocenters. The molecule has 0 aliphatic heterocycles. The molecule has 0 aliphatic carbocycles. The number of benzene rings is 1. The molecule has 1 heterocycles. The lowest BCUT2D eigenvalue weighted by molar-refractivity contribution is -0.120. The van der Waals surface area contributed by atoms with Gasteiger partial charge < -0.3 is 10.2 Å². The van der Waals surface area contributed by atoms with Gasteiger partial charge in [0.25, 0.3) is 0 Å². The number of anilines is 1. The van der Waals surface area contributed by atoms with Gasteiger partial charge in [-0.2, -0.15) is 0 Å². The lowest BCUT2D eigenvalue weighted by Crippen LogP contribution is -2.36. The van der Waals surface area contributed by atoms with Crippen LogP contribution >= 0.6 is 34.9 Å². The second kappa shape index (κ2) is 12.2. The Kier molecular flexibility index (Phi) is 10.0. The van der Waals surface area contributed by atoms with Crippen molar-refractivity contribution in [1.82, 2.24) is 10.0 Å². The molecule has 0 aliphatic rings. The highest BCUT2D eigenvalue weighted by molar-refractivity contribution is 7.99. The van der Waals surface area contributed by atoms with Gasteiger partial charge in [-0.25, -0.2) is 0 Å². The fraction of sp³-hybridized carbons (Fsp3) is 0.429. The number of carbonyl (C=O) groups excluding carboxylic acids is 2. The molecule has 1 atom stereocenters. The molecule has 0 saturated carbocycles. The van der Waals surface area contributed by atoms with Crippen LogP contribution in [0.3, 0.4) is 0 Å². The Morgan fingerprint density at radius 2 is 2.10 bits per heavy atom. The van der Waals surface area contributed by atoms with Crippen LogP contribution in [-0.4, -0.2) is 25.4 Å². The van der Waals surface area contributed by atoms with E-state index in [1.165, 1.54) is 11.9 Å². The van der Waals surface area contributed by atoms with E-state index in [4.69, 9.17) is 11.6 Å². The maximum absolute atomic E-state index is 13.0. The van der Waals surface area contributed by atoms with Crippen molar-refractivity contribution in [1.29, 1.82) is 0 Å². The quantitative estimate of drug-likeness (QED) is 0.464. The summed E-state index contributed by atoms with van der Waals surface area (Å²) in [6, 6.07) is 9.41. The molecule has 0 spiro atoms. The molecular weight excluding hydrogens is 426 g/mol. The predicted octanol–water partition coefficient (Wildman–Crippen LogP) is 5.10. The molecule has 2 aromatic rings. The van der Waals surface area contributed by atoms with Crippen molar-refractivity contribution in [3.05, 3.63) is 46.3 Å². The van der Waals surface area contributed by atoms with Crippen LogP contribution in [-0.2, 0) is 16.1 Å². The third-order valence-corrected chi connectivity index (χ3v) is 6.65. The Hall–Kier alpha value is -1.54. The lowest BCUT2D eigenvalue weighted by atomic mass is 10.0. The van der Waals surface area contributed by atoms with Gasteiger partial charge in [0.05, 0.1) is 4.21 Å². The molecule has 0 fully saturated rings. The van der Waals surface area contributed by atoms with Crippen LogP contribution in [0, 0.1) is 5.92 Å². The minimum Gasteiger partial charge on any atom is -0.316 e. The summed E-state index contributed by atoms with van der Waals surface area (Å²) >= 11 is 9.04. The highest BCUT2D eigenvalue weighted by atomic mass is 35.5. The van der Waals surface area contributed by atoms with E-state index in [1.807, 2.05) is 36.7 Å². The number of nitrogens with one attached hydrogen (secondary N) is 2. The van der Waals surface area contributed by atoms with Gasteiger partial charge in [-0.05, 0) is 60.1 Å². The summed E-state index contributed by atoms with van der Waals surface area (Å²) in [5.74, 6) is 0.208. The standard InChI is InChI=1S/C21H28ClN3O2S2/c1-4-15(2)12-20(27)25(18-8-7-17(22)13-16(18)14-23-3)10-9-19(26)24-29-21-6-5-11-28-21/h5-8,11,13,15,23H,4,9-10,12,14H2,1-3H3,(H,24,26). The molecule has 5 nitrogen and oxygen atoms in total. The van der Waals surface area contributed by atoms with Gasteiger partial charge in [0.1, 0.15) is 0 Å². The van der Waals surface area contributed by atoms with Crippen LogP contribution in [0.1, 0.15) is 38.7 Å². The number of hydrogen-bond donors (Lipinski definition) is 2. The minimum atomic E-state index is -0.103. The fourth-order valence-corrected chi connectivity index (χ4v) is 4.37. The van der Waals surface area contributed by atoms with Crippen molar-refractivity contribution in [3.8, 4) is 0 Å². The maximum atomic E-state index is 13.0. The van der Waals surface area contributed by atoms with Crippen LogP contribution in [0.5, 0.6) is 0 Å². The van der Waals surface area contributed by atoms with E-state index in [9.17, 15) is 9.59 Å². The summed E-state index contributed by atoms with van der Waals surface area (Å²) < 4.78 is 3.87. The highest BCUT2D eigenvalue weighted by Gasteiger charge is 2.21. The van der Waals surface area contributed by atoms with E-state index in [0.29, 0.717) is 24.5 Å². The number of carbonyl (C=O) groups is 2. The fourth-order valence-electron chi connectivity index (χ4n) is 2.77. The first-order chi connectivity index (χ1) is 13.9. The zero-order chi connectivity index (χ0) is 21.2. The summed E-state index contributed by atoms with van der Waals surface area (Å²) in [5, 5.41) is 5.71. The largest absolute Gasteiger partial charge is 0.316 e. The van der Waals surface area contributed by atoms with Gasteiger partial charge in [-0.1, -0.05) is 37.9 Å². The number of rotatable bonds is 11. The Bertz CT molecular complexity index is 799. The van der Waals surface area contributed by atoms with Gasteiger partial charge in [0.15, 0.2) is 0 Å². The Labute approximate surface area is 186 Å². The topological polar surface area (TPSA) is 61.4 Å². The van der Waals surface area contributed by atoms with Crippen LogP contribution in [0.2, 0.25) is 5.02 Å². The number of hydrogen-bond acceptors (Lipinski definition) is 5. The normalized spacial score (nSPS) is 11.9. The summed E-state index contributed by atoms with van der Waals surface area (Å²) in [6.07, 6.45) is 1.61. The summed E-state index contributed by atoms with van der Waals surface area (Å²) in [6.45, 7) is 5.05. The number of amides is 2. The van der Waals surface area contributed by atoms with E-state index in [1.54, 1.807) is 22.3 Å². The van der Waals surface area contributed by atoms with E-state index in [-0.39, 0.29) is 24.2 Å². The molecule has 2 amide bonds. The maximum Gasteiger partial charge on any atom is 0.231 e. The summed E-state index contributed by atoms with van der Waals surface area (Å²) in [5.41, 5.74) is 1.74. The first kappa shape index (κ1) is 23.7. The molecule has 29 heavy (non-hydrogen) atoms. The molecular formula is C21H28ClN3O2S2. The number of nitrogens with zero attached hydrogens (tertiary/aromatic N) is 1. The average Bonchev–Trinajstić information content (AvgIpc) is 3.21. The highest BCUT2D eigenvalue weighted by Crippen LogP contribution is 2.27. The van der Waals surface area contributed by atoms with Crippen LogP contribution in [0.15, 0.2) is 39.9 Å². The zero-order valence-corrected chi connectivity index (χ0v) is 19.4. The van der Waals surface area contributed by atoms with E-state index in [0.717, 1.165) is 21.9 Å². The van der Waals surface area contributed by atoms with Gasteiger partial charge in [-0.15, -0.1) is 11.3 Å². The van der Waals surface area contributed by atoms with E-state index in [2.05, 4.69) is 23.9 Å². The van der Waals surface area contributed by atoms with Crippen molar-refractivity contribution in [3.63, 3.8) is 0 Å². The van der Waals surface area contributed by atoms with Crippen molar-refractivity contribution in [2.24, 2.45) is 5.92 Å². The Balaban J connectivity index is 2.12. The number of thiophene rings is 1. The molecule has 8 heteroatoms. The summed E-state index contributed by atoms with van der Waals surface area (Å²) in [4.78, 5) is 27.1. The minimum absolute atomic E-state index is 0.0257. The molecule has 1 aromatic carbocycles. The third-order valence-electron chi connectivity index (χ3n) is 4.54. The SMILES string of the molecule is CCC(C)CC(=O)N(CCC(=O)NSc1cccs1)c1ccc(Cl)cc1CNC. The van der Waals surface area contributed by atoms with Crippen molar-refractivity contribution in [2.45, 2.75) is 43.9 Å². The van der Waals surface area contributed by atoms with Crippen molar-refractivity contribution >= 4 is 52.4 Å². The van der Waals surface area contributed by atoms with Crippen LogP contribution < -0.4 is 14.9 Å². The monoisotopic (exact) mass is 453 g/mol. The van der Waals surface area contributed by atoms with E-state index < -0.39 is 0 Å². The second-order valence-corrected chi connectivity index (χ2v) is 9.37. The van der Waals surface area contributed by atoms with Crippen molar-refractivity contribution < 1.29 is 9.59 Å². The first-order valence-electron chi connectivity index (χ1n) is 9.67. The first-order valence-corrected chi connectivity index (χ1v) is 11.7. The van der Waals surface area contributed by atoms with Gasteiger partial charge in [0, 0.05) is 36.6 Å². The van der Waals surface area contributed by atoms with E-state index >= 15 is 0 Å². The molecule has 2 N–H and O–H groups in total. The van der Waals surface area contributed by atoms with Crippen LogP contribution in [0.4, 0.5) is 5.69 Å². The molecule has 158 valence electrons. The Morgan fingerprint density at radius 1 is 1.31 bits per heavy atom. The summed E-state index contributed by atoms with van der Waals surface area (Å²) in [7, 11) is 1.85. The molecule has 0 bridgehead atoms. The third kappa shape index (κ3) is 7.66. The average molecular weight is 454 g/mol. The second-order valence-electron chi connectivity index (χ2n) is 6.88. The van der Waals surface area contributed by atoms with Gasteiger partial charge in [0.2, 0.25) is 11.8 Å². The molecule has 0 radical (unpaired) electrons.